The van der Waals surface area contributed by atoms with Crippen molar-refractivity contribution in [2.75, 3.05) is 56.5 Å². The molecule has 2 aromatic rings. The summed E-state index contributed by atoms with van der Waals surface area (Å²) in [5, 5.41) is 18.3. The van der Waals surface area contributed by atoms with E-state index in [1.54, 1.807) is 16.2 Å². The molecule has 2 N–H and O–H groups in total. The number of imidazole rings is 1. The second-order valence-corrected chi connectivity index (χ2v) is 8.24. The lowest BCUT2D eigenvalue weighted by Crippen LogP contribution is -2.59. The number of nitrogens with one attached hydrogen (secondary N) is 1. The monoisotopic (exact) mass is 393 g/mol. The molecule has 0 saturated carbocycles. The van der Waals surface area contributed by atoms with Gasteiger partial charge in [0.05, 0.1) is 18.3 Å². The molecule has 0 bridgehead atoms. The number of carbonyl (C=O) groups excluding carboxylic acids is 1. The van der Waals surface area contributed by atoms with E-state index < -0.39 is 0 Å². The molecule has 4 heterocycles. The van der Waals surface area contributed by atoms with Gasteiger partial charge in [0.1, 0.15) is 0 Å². The summed E-state index contributed by atoms with van der Waals surface area (Å²) >= 11 is 1.61. The van der Waals surface area contributed by atoms with Gasteiger partial charge in [0.2, 0.25) is 16.0 Å². The van der Waals surface area contributed by atoms with Crippen molar-refractivity contribution in [1.82, 2.24) is 24.4 Å². The van der Waals surface area contributed by atoms with Gasteiger partial charge in [-0.15, -0.1) is 5.10 Å². The first-order chi connectivity index (χ1) is 13.0. The molecule has 1 unspecified atom stereocenters. The number of rotatable bonds is 5. The van der Waals surface area contributed by atoms with Crippen molar-refractivity contribution in [3.8, 4) is 0 Å². The number of aromatic nitrogens is 3. The van der Waals surface area contributed by atoms with Crippen LogP contribution in [0.4, 0.5) is 10.9 Å². The second-order valence-electron chi connectivity index (χ2n) is 7.31. The molecule has 0 spiro atoms. The predicted molar refractivity (Wildman–Crippen MR) is 106 cm³/mol. The van der Waals surface area contributed by atoms with Gasteiger partial charge in [-0.2, -0.15) is 4.52 Å². The molecule has 1 atom stereocenters. The minimum Gasteiger partial charge on any atom is -0.389 e. The van der Waals surface area contributed by atoms with Crippen molar-refractivity contribution >= 4 is 33.2 Å². The van der Waals surface area contributed by atoms with Crippen LogP contribution in [-0.4, -0.2) is 93.9 Å². The van der Waals surface area contributed by atoms with Gasteiger partial charge in [-0.1, -0.05) is 18.3 Å². The van der Waals surface area contributed by atoms with Crippen LogP contribution in [0.2, 0.25) is 0 Å². The van der Waals surface area contributed by atoms with Crippen molar-refractivity contribution < 1.29 is 9.90 Å². The first kappa shape index (κ1) is 18.5. The first-order valence-corrected chi connectivity index (χ1v) is 10.3. The molecule has 1 amide bonds. The molecule has 9 nitrogen and oxygen atoms in total. The lowest BCUT2D eigenvalue weighted by atomic mass is 10.1. The highest BCUT2D eigenvalue weighted by Gasteiger charge is 2.33. The van der Waals surface area contributed by atoms with E-state index in [9.17, 15) is 9.90 Å². The van der Waals surface area contributed by atoms with E-state index in [-0.39, 0.29) is 18.1 Å². The summed E-state index contributed by atoms with van der Waals surface area (Å²) in [5.41, 5.74) is 1.04. The number of aryl methyl sites for hydroxylation is 1. The molecule has 10 heteroatoms. The number of nitrogens with zero attached hydrogens (tertiary/aromatic N) is 6. The van der Waals surface area contributed by atoms with Gasteiger partial charge in [-0.25, -0.2) is 4.98 Å². The number of aliphatic hydroxyl groups excluding tert-OH is 1. The van der Waals surface area contributed by atoms with Gasteiger partial charge in [-0.3, -0.25) is 9.69 Å². The Hall–Kier alpha value is -1.91. The number of aliphatic hydroxyl groups is 1. The number of fused-ring (bicyclic) bond motifs is 1. The van der Waals surface area contributed by atoms with Crippen LogP contribution in [0.25, 0.3) is 4.96 Å². The van der Waals surface area contributed by atoms with Crippen LogP contribution in [0, 0.1) is 0 Å². The average molecular weight is 394 g/mol. The molecule has 2 aliphatic heterocycles. The zero-order valence-electron chi connectivity index (χ0n) is 16.1. The van der Waals surface area contributed by atoms with Crippen LogP contribution in [0.5, 0.6) is 0 Å². The highest BCUT2D eigenvalue weighted by atomic mass is 32.1. The maximum atomic E-state index is 12.3. The van der Waals surface area contributed by atoms with Crippen LogP contribution in [0.15, 0.2) is 0 Å². The highest BCUT2D eigenvalue weighted by molar-refractivity contribution is 7.20. The molecule has 27 heavy (non-hydrogen) atoms. The summed E-state index contributed by atoms with van der Waals surface area (Å²) in [6.07, 6.45) is 0.530. The number of hydrogen-bond donors (Lipinski definition) is 2. The van der Waals surface area contributed by atoms with Crippen LogP contribution in [-0.2, 0) is 11.2 Å². The Kier molecular flexibility index (Phi) is 4.95. The summed E-state index contributed by atoms with van der Waals surface area (Å²) in [4.78, 5) is 24.1. The van der Waals surface area contributed by atoms with Crippen molar-refractivity contribution in [3.63, 3.8) is 0 Å². The number of likely N-dealkylation sites (tertiary alicyclic amines) is 1. The van der Waals surface area contributed by atoms with E-state index in [2.05, 4.69) is 33.9 Å². The number of β-amino-alcohol motifs (C(OH)–C–C–N with tert-alkyl or cyclic N) is 1. The molecule has 4 rings (SSSR count). The van der Waals surface area contributed by atoms with Gasteiger partial charge >= 0.3 is 0 Å². The first-order valence-electron chi connectivity index (χ1n) is 9.51. The largest absolute Gasteiger partial charge is 0.389 e. The molecule has 0 aromatic carbocycles. The van der Waals surface area contributed by atoms with Gasteiger partial charge in [0.15, 0.2) is 5.82 Å². The van der Waals surface area contributed by atoms with E-state index in [1.807, 2.05) is 11.6 Å². The Bertz CT molecular complexity index is 829. The van der Waals surface area contributed by atoms with Crippen LogP contribution >= 0.6 is 11.3 Å². The smallest absolute Gasteiger partial charge is 0.236 e. The Labute approximate surface area is 162 Å². The zero-order valence-corrected chi connectivity index (χ0v) is 16.9. The topological polar surface area (TPSA) is 89.2 Å². The molecular weight excluding hydrogens is 366 g/mol. The Morgan fingerprint density at radius 1 is 1.33 bits per heavy atom. The number of amides is 1. The fraction of sp³-hybridized carbons (Fsp3) is 0.706. The Balaban J connectivity index is 1.41. The standard InChI is InChI=1S/C17H27N7O2S/c1-4-13-15(18-3)24-16(19-13)27-17(20-24)22-6-5-21(11(2)7-22)10-14(26)23-8-12(25)9-23/h11-12,18,25H,4-10H2,1-3H3. The van der Waals surface area contributed by atoms with Crippen LogP contribution in [0.3, 0.4) is 0 Å². The fourth-order valence-corrected chi connectivity index (χ4v) is 4.70. The van der Waals surface area contributed by atoms with Gasteiger partial charge < -0.3 is 20.2 Å². The van der Waals surface area contributed by atoms with E-state index in [0.717, 1.165) is 47.7 Å². The molecule has 0 aliphatic carbocycles. The molecule has 2 aromatic heterocycles. The highest BCUT2D eigenvalue weighted by Crippen LogP contribution is 2.29. The molecular formula is C17H27N7O2S. The quantitative estimate of drug-likeness (QED) is 0.745. The van der Waals surface area contributed by atoms with E-state index in [1.165, 1.54) is 0 Å². The van der Waals surface area contributed by atoms with Gasteiger partial charge in [-0.05, 0) is 13.3 Å². The zero-order chi connectivity index (χ0) is 19.1. The predicted octanol–water partition coefficient (Wildman–Crippen LogP) is 0.109. The van der Waals surface area contributed by atoms with E-state index >= 15 is 0 Å². The number of anilines is 2. The third-order valence-electron chi connectivity index (χ3n) is 5.43. The minimum absolute atomic E-state index is 0.110. The summed E-state index contributed by atoms with van der Waals surface area (Å²) in [7, 11) is 1.90. The SMILES string of the molecule is CCc1nc2sc(N3CCN(CC(=O)N4CC(O)C4)C(C)C3)nn2c1NC. The number of hydrogen-bond acceptors (Lipinski definition) is 8. The summed E-state index contributed by atoms with van der Waals surface area (Å²) in [5.74, 6) is 1.07. The third kappa shape index (κ3) is 3.37. The molecule has 148 valence electrons. The van der Waals surface area contributed by atoms with Gasteiger partial charge in [0, 0.05) is 45.8 Å². The van der Waals surface area contributed by atoms with Crippen molar-refractivity contribution in [2.45, 2.75) is 32.4 Å². The lowest BCUT2D eigenvalue weighted by Gasteiger charge is -2.42. The fourth-order valence-electron chi connectivity index (χ4n) is 3.74. The number of carbonyl (C=O) groups is 1. The summed E-state index contributed by atoms with van der Waals surface area (Å²) < 4.78 is 1.90. The maximum absolute atomic E-state index is 12.3. The van der Waals surface area contributed by atoms with Crippen molar-refractivity contribution in [2.24, 2.45) is 0 Å². The van der Waals surface area contributed by atoms with E-state index in [0.29, 0.717) is 19.6 Å². The Morgan fingerprint density at radius 2 is 2.11 bits per heavy atom. The normalized spacial score (nSPS) is 21.7. The molecule has 2 fully saturated rings. The van der Waals surface area contributed by atoms with E-state index in [4.69, 9.17) is 5.10 Å². The lowest BCUT2D eigenvalue weighted by molar-refractivity contribution is -0.143. The third-order valence-corrected chi connectivity index (χ3v) is 6.39. The molecule has 0 radical (unpaired) electrons. The maximum Gasteiger partial charge on any atom is 0.236 e. The summed E-state index contributed by atoms with van der Waals surface area (Å²) in [6, 6.07) is 0.264. The molecule has 2 saturated heterocycles. The van der Waals surface area contributed by atoms with Crippen molar-refractivity contribution in [1.29, 1.82) is 0 Å². The minimum atomic E-state index is -0.345. The van der Waals surface area contributed by atoms with Crippen molar-refractivity contribution in [3.05, 3.63) is 5.69 Å². The second kappa shape index (κ2) is 7.25. The van der Waals surface area contributed by atoms with Crippen LogP contribution < -0.4 is 10.2 Å². The Morgan fingerprint density at radius 3 is 2.74 bits per heavy atom. The number of piperazine rings is 1. The molecule has 2 aliphatic rings. The van der Waals surface area contributed by atoms with Gasteiger partial charge in [0.25, 0.3) is 0 Å². The summed E-state index contributed by atoms with van der Waals surface area (Å²) in [6.45, 7) is 8.11. The average Bonchev–Trinajstić information content (AvgIpc) is 3.17. The van der Waals surface area contributed by atoms with Crippen LogP contribution in [0.1, 0.15) is 19.5 Å².